The van der Waals surface area contributed by atoms with Gasteiger partial charge in [-0.1, -0.05) is 0 Å². The van der Waals surface area contributed by atoms with Crippen molar-refractivity contribution in [3.05, 3.63) is 77.5 Å². The molecule has 0 aliphatic rings. The summed E-state index contributed by atoms with van der Waals surface area (Å²) >= 11 is 0. The number of furan rings is 1. The minimum absolute atomic E-state index is 0.0971. The summed E-state index contributed by atoms with van der Waals surface area (Å²) in [4.78, 5) is 12.8. The van der Waals surface area contributed by atoms with E-state index < -0.39 is 10.8 Å². The van der Waals surface area contributed by atoms with Crippen LogP contribution in [-0.2, 0) is 23.0 Å². The van der Waals surface area contributed by atoms with Crippen molar-refractivity contribution in [3.8, 4) is 11.5 Å². The van der Waals surface area contributed by atoms with Crippen molar-refractivity contribution >= 4 is 16.7 Å². The molecule has 0 radical (unpaired) electrons. The smallest absolute Gasteiger partial charge is 0.287 e. The number of carbonyl (C=O) groups excluding carboxylic acids is 1. The molecule has 0 saturated heterocycles. The van der Waals surface area contributed by atoms with E-state index in [1.54, 1.807) is 32.4 Å². The van der Waals surface area contributed by atoms with Crippen molar-refractivity contribution < 1.29 is 27.3 Å². The molecule has 1 heterocycles. The van der Waals surface area contributed by atoms with E-state index in [9.17, 15) is 13.4 Å². The molecule has 0 aliphatic heterocycles. The third-order valence-electron chi connectivity index (χ3n) is 4.40. The lowest BCUT2D eigenvalue weighted by molar-refractivity contribution is 0.0925. The zero-order valence-electron chi connectivity index (χ0n) is 16.6. The van der Waals surface area contributed by atoms with Crippen molar-refractivity contribution in [2.24, 2.45) is 0 Å². The summed E-state index contributed by atoms with van der Waals surface area (Å²) in [5.74, 6) is 1.32. The van der Waals surface area contributed by atoms with E-state index in [4.69, 9.17) is 13.9 Å². The molecule has 0 saturated carbocycles. The number of ether oxygens (including phenoxy) is 2. The molecule has 0 aliphatic carbocycles. The molecule has 0 spiro atoms. The molecule has 3 rings (SSSR count). The number of hydrogen-bond acceptors (Lipinski definition) is 5. The summed E-state index contributed by atoms with van der Waals surface area (Å²) < 4.78 is 41.4. The molecule has 0 bridgehead atoms. The average Bonchev–Trinajstić information content (AvgIpc) is 3.22. The Hall–Kier alpha value is -3.13. The molecule has 1 atom stereocenters. The molecular weight excluding hydrogens is 409 g/mol. The Labute approximate surface area is 176 Å². The van der Waals surface area contributed by atoms with E-state index in [0.29, 0.717) is 35.1 Å². The van der Waals surface area contributed by atoms with Crippen LogP contribution in [0.4, 0.5) is 4.39 Å². The lowest BCUT2D eigenvalue weighted by Gasteiger charge is -2.10. The van der Waals surface area contributed by atoms with Crippen molar-refractivity contribution in [3.63, 3.8) is 0 Å². The Morgan fingerprint density at radius 2 is 1.83 bits per heavy atom. The maximum atomic E-state index is 13.0. The number of methoxy groups -OCH3 is 2. The molecule has 3 aromatic rings. The van der Waals surface area contributed by atoms with Gasteiger partial charge in [-0.25, -0.2) is 4.39 Å². The van der Waals surface area contributed by atoms with Crippen molar-refractivity contribution in [1.29, 1.82) is 0 Å². The van der Waals surface area contributed by atoms with Crippen LogP contribution < -0.4 is 14.8 Å². The van der Waals surface area contributed by atoms with Crippen molar-refractivity contribution in [1.82, 2.24) is 5.32 Å². The van der Waals surface area contributed by atoms with Gasteiger partial charge in [0.1, 0.15) is 23.1 Å². The molecule has 0 unspecified atom stereocenters. The van der Waals surface area contributed by atoms with Crippen LogP contribution in [0.2, 0.25) is 0 Å². The van der Waals surface area contributed by atoms with E-state index in [1.165, 1.54) is 24.3 Å². The fraction of sp³-hybridized carbons (Fsp3) is 0.227. The molecule has 1 amide bonds. The van der Waals surface area contributed by atoms with Crippen LogP contribution in [0.5, 0.6) is 11.5 Å². The minimum Gasteiger partial charge on any atom is -0.497 e. The van der Waals surface area contributed by atoms with Gasteiger partial charge in [-0.3, -0.25) is 9.00 Å². The van der Waals surface area contributed by atoms with Gasteiger partial charge in [0.2, 0.25) is 0 Å². The molecule has 8 heteroatoms. The maximum absolute atomic E-state index is 13.0. The Morgan fingerprint density at radius 3 is 2.53 bits per heavy atom. The van der Waals surface area contributed by atoms with Crippen LogP contribution in [0.1, 0.15) is 21.9 Å². The molecule has 2 aromatic carbocycles. The lowest BCUT2D eigenvalue weighted by atomic mass is 10.1. The quantitative estimate of drug-likeness (QED) is 0.559. The van der Waals surface area contributed by atoms with Gasteiger partial charge in [0.05, 0.1) is 30.8 Å². The largest absolute Gasteiger partial charge is 0.497 e. The molecule has 158 valence electrons. The summed E-state index contributed by atoms with van der Waals surface area (Å²) in [5.41, 5.74) is 0.909. The normalized spacial score (nSPS) is 11.7. The number of carbonyl (C=O) groups is 1. The monoisotopic (exact) mass is 431 g/mol. The van der Waals surface area contributed by atoms with E-state index in [2.05, 4.69) is 5.32 Å². The predicted octanol–water partition coefficient (Wildman–Crippen LogP) is 3.72. The van der Waals surface area contributed by atoms with Gasteiger partial charge >= 0.3 is 0 Å². The molecular formula is C22H22FNO5S. The average molecular weight is 431 g/mol. The van der Waals surface area contributed by atoms with Crippen molar-refractivity contribution in [2.45, 2.75) is 17.1 Å². The summed E-state index contributed by atoms with van der Waals surface area (Å²) in [6.45, 7) is 0.375. The third-order valence-corrected chi connectivity index (χ3v) is 5.75. The Balaban J connectivity index is 1.55. The van der Waals surface area contributed by atoms with E-state index >= 15 is 0 Å². The Bertz CT molecular complexity index is 1030. The van der Waals surface area contributed by atoms with Gasteiger partial charge in [-0.2, -0.15) is 0 Å². The number of amides is 1. The van der Waals surface area contributed by atoms with Gasteiger partial charge in [0.25, 0.3) is 5.91 Å². The summed E-state index contributed by atoms with van der Waals surface area (Å²) in [7, 11) is 1.78. The van der Waals surface area contributed by atoms with Gasteiger partial charge in [-0.15, -0.1) is 0 Å². The summed E-state index contributed by atoms with van der Waals surface area (Å²) in [6.07, 6.45) is 0.550. The summed E-state index contributed by atoms with van der Waals surface area (Å²) in [6, 6.07) is 14.1. The van der Waals surface area contributed by atoms with E-state index in [1.807, 2.05) is 12.1 Å². The SMILES string of the molecule is COc1ccc(OC)c(CCNC(=O)c2ccc(C[S@@](=O)c3ccc(F)cc3)o2)c1. The molecule has 6 nitrogen and oxygen atoms in total. The molecule has 0 fully saturated rings. The predicted molar refractivity (Wildman–Crippen MR) is 111 cm³/mol. The van der Waals surface area contributed by atoms with Crippen LogP contribution in [-0.4, -0.2) is 30.9 Å². The first-order valence-electron chi connectivity index (χ1n) is 9.22. The molecule has 30 heavy (non-hydrogen) atoms. The number of hydrogen-bond donors (Lipinski definition) is 1. The van der Waals surface area contributed by atoms with E-state index in [-0.39, 0.29) is 23.2 Å². The third kappa shape index (κ3) is 5.48. The standard InChI is InChI=1S/C22H22FNO5S/c1-27-17-5-9-20(28-2)15(13-17)11-12-24-22(25)21-10-6-18(29-21)14-30(26)19-7-3-16(23)4-8-19/h3-10,13H,11-12,14H2,1-2H3,(H,24,25)/t30-/m1/s1. The minimum atomic E-state index is -1.40. The zero-order chi connectivity index (χ0) is 21.5. The van der Waals surface area contributed by atoms with Crippen molar-refractivity contribution in [2.75, 3.05) is 20.8 Å². The fourth-order valence-electron chi connectivity index (χ4n) is 2.85. The fourth-order valence-corrected chi connectivity index (χ4v) is 3.87. The van der Waals surface area contributed by atoms with Gasteiger partial charge in [0.15, 0.2) is 5.76 Å². The van der Waals surface area contributed by atoms with Gasteiger partial charge in [0, 0.05) is 11.4 Å². The first-order chi connectivity index (χ1) is 14.5. The highest BCUT2D eigenvalue weighted by Crippen LogP contribution is 2.24. The lowest BCUT2D eigenvalue weighted by Crippen LogP contribution is -2.25. The van der Waals surface area contributed by atoms with Gasteiger partial charge < -0.3 is 19.2 Å². The Morgan fingerprint density at radius 1 is 1.07 bits per heavy atom. The van der Waals surface area contributed by atoms with Crippen LogP contribution in [0.3, 0.4) is 0 Å². The number of halogens is 1. The number of benzene rings is 2. The molecule has 1 N–H and O–H groups in total. The number of nitrogens with one attached hydrogen (secondary N) is 1. The maximum Gasteiger partial charge on any atom is 0.287 e. The second kappa shape index (κ2) is 10.1. The summed E-state index contributed by atoms with van der Waals surface area (Å²) in [5, 5.41) is 2.79. The number of rotatable bonds is 9. The first kappa shape index (κ1) is 21.6. The van der Waals surface area contributed by atoms with Crippen LogP contribution >= 0.6 is 0 Å². The van der Waals surface area contributed by atoms with Crippen LogP contribution in [0, 0.1) is 5.82 Å². The highest BCUT2D eigenvalue weighted by atomic mass is 32.2. The molecule has 1 aromatic heterocycles. The van der Waals surface area contributed by atoms with Gasteiger partial charge in [-0.05, 0) is 66.6 Å². The second-order valence-corrected chi connectivity index (χ2v) is 7.84. The van der Waals surface area contributed by atoms with Crippen LogP contribution in [0.15, 0.2) is 63.9 Å². The first-order valence-corrected chi connectivity index (χ1v) is 10.5. The van der Waals surface area contributed by atoms with E-state index in [0.717, 1.165) is 5.56 Å². The topological polar surface area (TPSA) is 77.8 Å². The second-order valence-electron chi connectivity index (χ2n) is 6.39. The zero-order valence-corrected chi connectivity index (χ0v) is 17.5. The Kier molecular flexibility index (Phi) is 7.24. The highest BCUT2D eigenvalue weighted by Gasteiger charge is 2.14. The van der Waals surface area contributed by atoms with Crippen LogP contribution in [0.25, 0.3) is 0 Å². The highest BCUT2D eigenvalue weighted by molar-refractivity contribution is 7.84.